The lowest BCUT2D eigenvalue weighted by Gasteiger charge is -2.18. The van der Waals surface area contributed by atoms with E-state index in [0.29, 0.717) is 18.8 Å². The highest BCUT2D eigenvalue weighted by Gasteiger charge is 2.29. The van der Waals surface area contributed by atoms with Crippen LogP contribution in [-0.4, -0.2) is 38.8 Å². The molecule has 6 nitrogen and oxygen atoms in total. The van der Waals surface area contributed by atoms with E-state index < -0.39 is 0 Å². The zero-order valence-corrected chi connectivity index (χ0v) is 15.6. The molecule has 142 valence electrons. The number of aromatic amines is 1. The van der Waals surface area contributed by atoms with Crippen molar-refractivity contribution in [2.75, 3.05) is 13.1 Å². The minimum Gasteiger partial charge on any atom is -0.342 e. The van der Waals surface area contributed by atoms with Gasteiger partial charge in [-0.15, -0.1) is 0 Å². The summed E-state index contributed by atoms with van der Waals surface area (Å²) in [7, 11) is 0. The molecule has 2 fully saturated rings. The van der Waals surface area contributed by atoms with Gasteiger partial charge in [0, 0.05) is 49.5 Å². The lowest BCUT2D eigenvalue weighted by molar-refractivity contribution is -0.130. The Balaban J connectivity index is 1.41. The number of nitrogens with one attached hydrogen (secondary N) is 1. The number of rotatable bonds is 5. The Kier molecular flexibility index (Phi) is 5.32. The summed E-state index contributed by atoms with van der Waals surface area (Å²) in [5.74, 6) is 1.68. The maximum Gasteiger partial charge on any atom is 0.251 e. The van der Waals surface area contributed by atoms with Crippen LogP contribution in [-0.2, 0) is 4.79 Å². The predicted molar refractivity (Wildman–Crippen MR) is 103 cm³/mol. The van der Waals surface area contributed by atoms with Gasteiger partial charge in [-0.25, -0.2) is 4.98 Å². The van der Waals surface area contributed by atoms with Crippen LogP contribution in [0.4, 0.5) is 0 Å². The minimum atomic E-state index is -0.155. The van der Waals surface area contributed by atoms with E-state index in [1.165, 1.54) is 25.7 Å². The molecule has 2 aliphatic rings. The van der Waals surface area contributed by atoms with Gasteiger partial charge in [-0.3, -0.25) is 14.6 Å². The fourth-order valence-corrected chi connectivity index (χ4v) is 4.35. The number of carbonyl (C=O) groups is 1. The molecule has 3 heterocycles. The number of nitrogens with zero attached hydrogens (tertiary/aromatic N) is 3. The Bertz CT molecular complexity index is 843. The number of H-pyrrole nitrogens is 1. The minimum absolute atomic E-state index is 0.128. The molecule has 2 aromatic heterocycles. The zero-order chi connectivity index (χ0) is 18.6. The largest absolute Gasteiger partial charge is 0.342 e. The molecule has 0 unspecified atom stereocenters. The van der Waals surface area contributed by atoms with E-state index in [-0.39, 0.29) is 17.4 Å². The predicted octanol–water partition coefficient (Wildman–Crippen LogP) is 3.12. The number of hydrogen-bond acceptors (Lipinski definition) is 4. The second-order valence-electron chi connectivity index (χ2n) is 7.77. The zero-order valence-electron chi connectivity index (χ0n) is 15.6. The molecule has 0 spiro atoms. The highest BCUT2D eigenvalue weighted by molar-refractivity contribution is 5.76. The molecule has 27 heavy (non-hydrogen) atoms. The molecular formula is C21H26N4O2. The molecule has 1 saturated heterocycles. The van der Waals surface area contributed by atoms with Crippen molar-refractivity contribution in [2.45, 2.75) is 50.9 Å². The fourth-order valence-electron chi connectivity index (χ4n) is 4.35. The van der Waals surface area contributed by atoms with Crippen LogP contribution < -0.4 is 5.56 Å². The highest BCUT2D eigenvalue weighted by Crippen LogP contribution is 2.30. The average Bonchev–Trinajstić information content (AvgIpc) is 3.38. The van der Waals surface area contributed by atoms with Crippen LogP contribution in [0.15, 0.2) is 35.4 Å². The Labute approximate surface area is 159 Å². The van der Waals surface area contributed by atoms with E-state index >= 15 is 0 Å². The SMILES string of the molecule is O=C(CCC1CCCC1)N1CC[C@H](c2cc(=O)[nH]c(-c3ccncc3)n2)C1. The third-order valence-corrected chi connectivity index (χ3v) is 5.92. The molecule has 2 aromatic rings. The number of pyridine rings is 1. The molecule has 1 saturated carbocycles. The maximum absolute atomic E-state index is 12.6. The van der Waals surface area contributed by atoms with Gasteiger partial charge in [-0.05, 0) is 30.9 Å². The summed E-state index contributed by atoms with van der Waals surface area (Å²) in [5, 5.41) is 0. The van der Waals surface area contributed by atoms with E-state index in [9.17, 15) is 9.59 Å². The van der Waals surface area contributed by atoms with E-state index in [4.69, 9.17) is 0 Å². The van der Waals surface area contributed by atoms with Gasteiger partial charge in [0.25, 0.3) is 5.56 Å². The molecule has 1 aliphatic heterocycles. The van der Waals surface area contributed by atoms with Crippen LogP contribution in [0.5, 0.6) is 0 Å². The number of aromatic nitrogens is 3. The second-order valence-corrected chi connectivity index (χ2v) is 7.77. The summed E-state index contributed by atoms with van der Waals surface area (Å²) in [4.78, 5) is 38.1. The van der Waals surface area contributed by atoms with Crippen molar-refractivity contribution in [1.82, 2.24) is 19.9 Å². The summed E-state index contributed by atoms with van der Waals surface area (Å²) in [6.07, 6.45) is 11.1. The van der Waals surface area contributed by atoms with Crippen molar-refractivity contribution in [1.29, 1.82) is 0 Å². The molecule has 4 rings (SSSR count). The van der Waals surface area contributed by atoms with Gasteiger partial charge in [0.05, 0.1) is 5.69 Å². The van der Waals surface area contributed by atoms with Crippen molar-refractivity contribution >= 4 is 5.91 Å². The van der Waals surface area contributed by atoms with Gasteiger partial charge in [-0.2, -0.15) is 0 Å². The summed E-state index contributed by atoms with van der Waals surface area (Å²) in [5.41, 5.74) is 1.46. The maximum atomic E-state index is 12.6. The first-order chi connectivity index (χ1) is 13.2. The summed E-state index contributed by atoms with van der Waals surface area (Å²) in [6.45, 7) is 1.42. The molecule has 1 N–H and O–H groups in total. The lowest BCUT2D eigenvalue weighted by Crippen LogP contribution is -2.28. The smallest absolute Gasteiger partial charge is 0.251 e. The topological polar surface area (TPSA) is 79.0 Å². The molecule has 0 aromatic carbocycles. The molecular weight excluding hydrogens is 340 g/mol. The molecule has 1 aliphatic carbocycles. The van der Waals surface area contributed by atoms with Crippen LogP contribution >= 0.6 is 0 Å². The number of hydrogen-bond donors (Lipinski definition) is 1. The summed E-state index contributed by atoms with van der Waals surface area (Å²) in [6, 6.07) is 5.23. The van der Waals surface area contributed by atoms with E-state index in [2.05, 4.69) is 15.0 Å². The van der Waals surface area contributed by atoms with Gasteiger partial charge in [0.15, 0.2) is 0 Å². The highest BCUT2D eigenvalue weighted by atomic mass is 16.2. The number of likely N-dealkylation sites (tertiary alicyclic amines) is 1. The van der Waals surface area contributed by atoms with Gasteiger partial charge < -0.3 is 9.88 Å². The van der Waals surface area contributed by atoms with Crippen LogP contribution in [0.3, 0.4) is 0 Å². The molecule has 1 atom stereocenters. The van der Waals surface area contributed by atoms with E-state index in [1.54, 1.807) is 18.5 Å². The van der Waals surface area contributed by atoms with Crippen molar-refractivity contribution < 1.29 is 4.79 Å². The average molecular weight is 366 g/mol. The van der Waals surface area contributed by atoms with E-state index in [0.717, 1.165) is 36.6 Å². The van der Waals surface area contributed by atoms with Crippen LogP contribution in [0.25, 0.3) is 11.4 Å². The van der Waals surface area contributed by atoms with Gasteiger partial charge in [0.2, 0.25) is 5.91 Å². The summed E-state index contributed by atoms with van der Waals surface area (Å²) < 4.78 is 0. The van der Waals surface area contributed by atoms with Crippen LogP contribution in [0.1, 0.15) is 56.6 Å². The number of amides is 1. The molecule has 1 amide bonds. The first-order valence-corrected chi connectivity index (χ1v) is 9.98. The second kappa shape index (κ2) is 8.03. The van der Waals surface area contributed by atoms with Gasteiger partial charge >= 0.3 is 0 Å². The van der Waals surface area contributed by atoms with Crippen LogP contribution in [0.2, 0.25) is 0 Å². The van der Waals surface area contributed by atoms with Crippen LogP contribution in [0, 0.1) is 5.92 Å². The first kappa shape index (κ1) is 17.9. The Hall–Kier alpha value is -2.50. The Morgan fingerprint density at radius 2 is 1.96 bits per heavy atom. The molecule has 0 bridgehead atoms. The third kappa shape index (κ3) is 4.26. The van der Waals surface area contributed by atoms with Crippen molar-refractivity contribution in [2.24, 2.45) is 5.92 Å². The lowest BCUT2D eigenvalue weighted by atomic mass is 10.0. The van der Waals surface area contributed by atoms with Crippen molar-refractivity contribution in [3.63, 3.8) is 0 Å². The van der Waals surface area contributed by atoms with Gasteiger partial charge in [-0.1, -0.05) is 25.7 Å². The third-order valence-electron chi connectivity index (χ3n) is 5.92. The first-order valence-electron chi connectivity index (χ1n) is 9.98. The quantitative estimate of drug-likeness (QED) is 0.882. The Morgan fingerprint density at radius 3 is 2.74 bits per heavy atom. The standard InChI is InChI=1S/C21H26N4O2/c26-19-13-18(23-21(24-19)16-7-10-22-11-8-16)17-9-12-25(14-17)20(27)6-5-15-3-1-2-4-15/h7-8,10-11,13,15,17H,1-6,9,12,14H2,(H,23,24,26)/t17-/m0/s1. The van der Waals surface area contributed by atoms with Crippen molar-refractivity contribution in [3.05, 3.63) is 46.6 Å². The molecule has 0 radical (unpaired) electrons. The van der Waals surface area contributed by atoms with Crippen molar-refractivity contribution in [3.8, 4) is 11.4 Å². The molecule has 6 heteroatoms. The Morgan fingerprint density at radius 1 is 1.19 bits per heavy atom. The number of carbonyl (C=O) groups excluding carboxylic acids is 1. The van der Waals surface area contributed by atoms with Gasteiger partial charge in [0.1, 0.15) is 5.82 Å². The van der Waals surface area contributed by atoms with E-state index in [1.807, 2.05) is 17.0 Å². The monoisotopic (exact) mass is 366 g/mol. The fraction of sp³-hybridized carbons (Fsp3) is 0.524. The normalized spacial score (nSPS) is 20.3. The summed E-state index contributed by atoms with van der Waals surface area (Å²) >= 11 is 0.